The molecule has 4 rings (SSSR count). The van der Waals surface area contributed by atoms with Gasteiger partial charge in [0.2, 0.25) is 5.95 Å². The van der Waals surface area contributed by atoms with Gasteiger partial charge in [-0.15, -0.1) is 0 Å². The van der Waals surface area contributed by atoms with Gasteiger partial charge >= 0.3 is 6.18 Å². The molecule has 1 aromatic heterocycles. The van der Waals surface area contributed by atoms with Crippen LogP contribution in [-0.2, 0) is 22.5 Å². The van der Waals surface area contributed by atoms with Crippen molar-refractivity contribution in [1.82, 2.24) is 15.0 Å². The molecule has 4 aromatic rings. The molecule has 0 bridgehead atoms. The van der Waals surface area contributed by atoms with Crippen LogP contribution in [0.1, 0.15) is 16.7 Å². The normalized spacial score (nSPS) is 13.0. The summed E-state index contributed by atoms with van der Waals surface area (Å²) in [7, 11) is -2.62. The van der Waals surface area contributed by atoms with Crippen LogP contribution >= 0.6 is 0 Å². The predicted octanol–water partition coefficient (Wildman–Crippen LogP) is 5.10. The summed E-state index contributed by atoms with van der Waals surface area (Å²) in [6.07, 6.45) is -2.14. The molecule has 3 N–H and O–H groups in total. The third kappa shape index (κ3) is 7.23. The van der Waals surface area contributed by atoms with Gasteiger partial charge in [-0.1, -0.05) is 12.1 Å². The van der Waals surface area contributed by atoms with Crippen molar-refractivity contribution >= 4 is 26.7 Å². The van der Waals surface area contributed by atoms with Crippen LogP contribution in [0.4, 0.5) is 33.6 Å². The average Bonchev–Trinajstić information content (AvgIpc) is 2.81. The molecule has 0 aliphatic rings. The molecule has 1 unspecified atom stereocenters. The van der Waals surface area contributed by atoms with E-state index in [-0.39, 0.29) is 28.6 Å². The number of nitrogens with one attached hydrogen (secondary N) is 1. The number of nitrogens with two attached hydrogens (primary N) is 1. The number of ether oxygens (including phenoxy) is 1. The largest absolute Gasteiger partial charge is 0.488 e. The van der Waals surface area contributed by atoms with E-state index in [9.17, 15) is 26.2 Å². The van der Waals surface area contributed by atoms with Gasteiger partial charge in [0.05, 0.1) is 11.1 Å². The molecule has 0 aliphatic heterocycles. The summed E-state index contributed by atoms with van der Waals surface area (Å²) < 4.78 is 84.3. The lowest BCUT2D eigenvalue weighted by molar-refractivity contribution is -0.137. The van der Waals surface area contributed by atoms with Crippen molar-refractivity contribution in [3.8, 4) is 17.1 Å². The van der Waals surface area contributed by atoms with Crippen LogP contribution in [-0.4, -0.2) is 30.8 Å². The molecule has 7 nitrogen and oxygen atoms in total. The first-order valence-corrected chi connectivity index (χ1v) is 12.9. The zero-order chi connectivity index (χ0) is 27.5. The molecule has 0 radical (unpaired) electrons. The van der Waals surface area contributed by atoms with Gasteiger partial charge in [0.1, 0.15) is 30.3 Å². The molecule has 0 fully saturated rings. The van der Waals surface area contributed by atoms with Gasteiger partial charge in [0.25, 0.3) is 0 Å². The third-order valence-corrected chi connectivity index (χ3v) is 5.69. The minimum Gasteiger partial charge on any atom is -0.488 e. The van der Waals surface area contributed by atoms with Crippen LogP contribution in [0.25, 0.3) is 11.4 Å². The van der Waals surface area contributed by atoms with Crippen molar-refractivity contribution in [1.29, 1.82) is 0 Å². The second kappa shape index (κ2) is 10.7. The highest BCUT2D eigenvalue weighted by Crippen LogP contribution is 2.32. The van der Waals surface area contributed by atoms with Crippen molar-refractivity contribution in [3.63, 3.8) is 0 Å². The van der Waals surface area contributed by atoms with Crippen LogP contribution in [0, 0.1) is 11.6 Å². The molecule has 3 aromatic carbocycles. The predicted molar refractivity (Wildman–Crippen MR) is 134 cm³/mol. The fraction of sp³-hybridized carbons (Fsp3) is 0.120. The van der Waals surface area contributed by atoms with E-state index in [2.05, 4.69) is 20.3 Å². The van der Waals surface area contributed by atoms with Crippen LogP contribution in [0.15, 0.2) is 67.0 Å². The Balaban J connectivity index is 1.60. The average molecular weight is 550 g/mol. The van der Waals surface area contributed by atoms with Crippen molar-refractivity contribution in [3.05, 3.63) is 95.3 Å². The number of aromatic nitrogens is 3. The van der Waals surface area contributed by atoms with Gasteiger partial charge in [0.15, 0.2) is 5.82 Å². The van der Waals surface area contributed by atoms with Gasteiger partial charge in [-0.2, -0.15) is 18.2 Å². The molecule has 0 amide bonds. The maximum Gasteiger partial charge on any atom is 0.416 e. The number of hydrogen-bond donors (Lipinski definition) is 2. The number of alkyl halides is 3. The standard InChI is InChI=1S/C25H20F5N5O2S/c1-38(31,36)13-15-3-2-4-20(9-15)34-24-33-14-32-23(35-24)21-6-5-18(26)11-22(21)37-12-16-7-17(25(28,29)30)10-19(27)8-16/h2-11,13-14H,12H2,1H3,(H2,31,36)(H,32,33,34,35). The highest BCUT2D eigenvalue weighted by Gasteiger charge is 2.31. The van der Waals surface area contributed by atoms with Crippen LogP contribution < -0.4 is 15.2 Å². The molecule has 198 valence electrons. The number of benzene rings is 3. The first-order chi connectivity index (χ1) is 17.9. The number of rotatable bonds is 7. The number of halogens is 5. The van der Waals surface area contributed by atoms with Gasteiger partial charge in [-0.05, 0) is 53.6 Å². The molecule has 38 heavy (non-hydrogen) atoms. The minimum atomic E-state index is -4.74. The van der Waals surface area contributed by atoms with Crippen LogP contribution in [0.5, 0.6) is 5.75 Å². The van der Waals surface area contributed by atoms with E-state index in [4.69, 9.17) is 9.88 Å². The first-order valence-electron chi connectivity index (χ1n) is 10.8. The number of anilines is 2. The SMILES string of the molecule is CS(N)(=O)=Cc1cccc(Nc2ncnc(-c3ccc(F)cc3OCc3cc(F)cc(C(F)(F)F)c3)n2)c1. The lowest BCUT2D eigenvalue weighted by Crippen LogP contribution is -2.13. The Morgan fingerprint density at radius 2 is 1.82 bits per heavy atom. The second-order valence-electron chi connectivity index (χ2n) is 8.24. The van der Waals surface area contributed by atoms with Gasteiger partial charge < -0.3 is 10.1 Å². The summed E-state index contributed by atoms with van der Waals surface area (Å²) >= 11 is 0. The lowest BCUT2D eigenvalue weighted by atomic mass is 10.1. The highest BCUT2D eigenvalue weighted by atomic mass is 32.2. The van der Waals surface area contributed by atoms with Crippen molar-refractivity contribution in [2.24, 2.45) is 5.14 Å². The van der Waals surface area contributed by atoms with Gasteiger partial charge in [0, 0.05) is 33.1 Å². The molecular weight excluding hydrogens is 529 g/mol. The van der Waals surface area contributed by atoms with Gasteiger partial charge in [-0.3, -0.25) is 9.35 Å². The maximum absolute atomic E-state index is 14.0. The quantitative estimate of drug-likeness (QED) is 0.246. The molecule has 1 atom stereocenters. The van der Waals surface area contributed by atoms with Crippen LogP contribution in [0.3, 0.4) is 0 Å². The Hall–Kier alpha value is -4.10. The highest BCUT2D eigenvalue weighted by molar-refractivity contribution is 7.98. The van der Waals surface area contributed by atoms with E-state index >= 15 is 0 Å². The van der Waals surface area contributed by atoms with E-state index < -0.39 is 39.7 Å². The maximum atomic E-state index is 14.0. The number of nitrogens with zero attached hydrogens (tertiary/aromatic N) is 3. The molecule has 1 heterocycles. The zero-order valence-corrected chi connectivity index (χ0v) is 20.5. The molecule has 13 heteroatoms. The Bertz CT molecular complexity index is 1600. The molecule has 0 saturated heterocycles. The molecular formula is C25H20F5N5O2S. The molecule has 0 spiro atoms. The summed E-state index contributed by atoms with van der Waals surface area (Å²) in [5.74, 6) is -1.63. The van der Waals surface area contributed by atoms with Crippen LogP contribution in [0.2, 0.25) is 0 Å². The van der Waals surface area contributed by atoms with E-state index in [1.54, 1.807) is 24.3 Å². The Kier molecular flexibility index (Phi) is 7.60. The van der Waals surface area contributed by atoms with Crippen molar-refractivity contribution in [2.75, 3.05) is 11.6 Å². The lowest BCUT2D eigenvalue weighted by Gasteiger charge is -2.13. The number of hydrogen-bond acceptors (Lipinski definition) is 6. The Morgan fingerprint density at radius 3 is 2.55 bits per heavy atom. The first kappa shape index (κ1) is 26.9. The summed E-state index contributed by atoms with van der Waals surface area (Å²) in [5, 5.41) is 9.99. The summed E-state index contributed by atoms with van der Waals surface area (Å²) in [6.45, 7) is -0.474. The van der Waals surface area contributed by atoms with E-state index in [0.29, 0.717) is 17.3 Å². The van der Waals surface area contributed by atoms with Crippen molar-refractivity contribution in [2.45, 2.75) is 12.8 Å². The molecule has 0 saturated carbocycles. The monoisotopic (exact) mass is 549 g/mol. The zero-order valence-electron chi connectivity index (χ0n) is 19.7. The van der Waals surface area contributed by atoms with Crippen molar-refractivity contribution < 1.29 is 30.9 Å². The third-order valence-electron chi connectivity index (χ3n) is 4.95. The Morgan fingerprint density at radius 1 is 1.03 bits per heavy atom. The molecule has 0 aliphatic carbocycles. The summed E-state index contributed by atoms with van der Waals surface area (Å²) in [6, 6.07) is 12.3. The fourth-order valence-corrected chi connectivity index (χ4v) is 4.12. The smallest absolute Gasteiger partial charge is 0.416 e. The topological polar surface area (TPSA) is 103 Å². The van der Waals surface area contributed by atoms with E-state index in [0.717, 1.165) is 24.3 Å². The fourth-order valence-electron chi connectivity index (χ4n) is 3.43. The summed E-state index contributed by atoms with van der Waals surface area (Å²) in [4.78, 5) is 12.5. The Labute approximate surface area is 214 Å². The minimum absolute atomic E-state index is 0.0720. The second-order valence-corrected chi connectivity index (χ2v) is 10.4. The van der Waals surface area contributed by atoms with Gasteiger partial charge in [-0.25, -0.2) is 18.7 Å². The van der Waals surface area contributed by atoms with E-state index in [1.165, 1.54) is 24.0 Å². The van der Waals surface area contributed by atoms with E-state index in [1.807, 2.05) is 0 Å². The summed E-state index contributed by atoms with van der Waals surface area (Å²) in [5.41, 5.74) is 0.121.